The summed E-state index contributed by atoms with van der Waals surface area (Å²) in [5.74, 6) is -0.308. The molecule has 0 aromatic carbocycles. The van der Waals surface area contributed by atoms with Crippen LogP contribution in [0.25, 0.3) is 0 Å². The van der Waals surface area contributed by atoms with Gasteiger partial charge in [-0.05, 0) is 18.9 Å². The molecule has 1 fully saturated rings. The number of pyridine rings is 1. The number of nitrogen functional groups attached to an aromatic ring is 1. The van der Waals surface area contributed by atoms with E-state index in [1.165, 1.54) is 12.3 Å². The van der Waals surface area contributed by atoms with E-state index in [1.54, 1.807) is 0 Å². The van der Waals surface area contributed by atoms with Crippen molar-refractivity contribution in [3.05, 3.63) is 23.0 Å². The Hall–Kier alpha value is -1.33. The fourth-order valence-corrected chi connectivity index (χ4v) is 2.65. The second kappa shape index (κ2) is 5.75. The summed E-state index contributed by atoms with van der Waals surface area (Å²) in [6, 6.07) is 1.44. The first-order valence-corrected chi connectivity index (χ1v) is 6.78. The number of aromatic nitrogens is 1. The lowest BCUT2D eigenvalue weighted by Crippen LogP contribution is -2.52. The molecule has 1 aliphatic carbocycles. The van der Waals surface area contributed by atoms with E-state index in [-0.39, 0.29) is 23.4 Å². The second-order valence-electron chi connectivity index (χ2n) is 5.05. The summed E-state index contributed by atoms with van der Waals surface area (Å²) < 4.78 is 0. The minimum Gasteiger partial charge on any atom is -0.397 e. The van der Waals surface area contributed by atoms with E-state index in [4.69, 9.17) is 17.3 Å². The van der Waals surface area contributed by atoms with Crippen LogP contribution >= 0.6 is 11.6 Å². The van der Waals surface area contributed by atoms with Crippen molar-refractivity contribution in [2.75, 3.05) is 12.3 Å². The van der Waals surface area contributed by atoms with Gasteiger partial charge in [-0.15, -0.1) is 0 Å². The summed E-state index contributed by atoms with van der Waals surface area (Å²) >= 11 is 5.78. The first-order chi connectivity index (χ1) is 9.06. The highest BCUT2D eigenvalue weighted by molar-refractivity contribution is 6.29. The van der Waals surface area contributed by atoms with E-state index in [9.17, 15) is 9.90 Å². The number of rotatable bonds is 3. The molecule has 1 aromatic heterocycles. The molecule has 0 bridgehead atoms. The van der Waals surface area contributed by atoms with Gasteiger partial charge in [0, 0.05) is 0 Å². The first kappa shape index (κ1) is 14.1. The molecular weight excluding hydrogens is 266 g/mol. The van der Waals surface area contributed by atoms with Crippen molar-refractivity contribution >= 4 is 23.2 Å². The third-order valence-corrected chi connectivity index (χ3v) is 3.84. The van der Waals surface area contributed by atoms with Crippen LogP contribution in [0, 0.1) is 0 Å². The molecule has 0 atom stereocenters. The van der Waals surface area contributed by atoms with Crippen molar-refractivity contribution in [2.24, 2.45) is 0 Å². The lowest BCUT2D eigenvalue weighted by Gasteiger charge is -2.36. The third-order valence-electron chi connectivity index (χ3n) is 3.64. The van der Waals surface area contributed by atoms with Crippen molar-refractivity contribution in [1.29, 1.82) is 0 Å². The maximum Gasteiger partial charge on any atom is 0.254 e. The molecule has 0 unspecified atom stereocenters. The van der Waals surface area contributed by atoms with Crippen LogP contribution in [0.2, 0.25) is 5.15 Å². The van der Waals surface area contributed by atoms with Gasteiger partial charge < -0.3 is 16.2 Å². The van der Waals surface area contributed by atoms with Gasteiger partial charge in [0.2, 0.25) is 0 Å². The standard InChI is InChI=1S/C13H18ClN3O2/c14-11-6-9(10(15)7-16-11)12(19)17-13(8-18)4-2-1-3-5-13/h6-7,18H,1-5,8,15H2,(H,17,19). The number of nitrogens with two attached hydrogens (primary N) is 1. The zero-order valence-corrected chi connectivity index (χ0v) is 11.4. The first-order valence-electron chi connectivity index (χ1n) is 6.41. The maximum atomic E-state index is 12.3. The maximum absolute atomic E-state index is 12.3. The topological polar surface area (TPSA) is 88.2 Å². The van der Waals surface area contributed by atoms with Crippen molar-refractivity contribution in [2.45, 2.75) is 37.6 Å². The smallest absolute Gasteiger partial charge is 0.254 e. The number of anilines is 1. The van der Waals surface area contributed by atoms with Gasteiger partial charge in [0.1, 0.15) is 5.15 Å². The molecule has 6 heteroatoms. The van der Waals surface area contributed by atoms with Crippen molar-refractivity contribution in [1.82, 2.24) is 10.3 Å². The molecule has 1 aliphatic rings. The predicted molar refractivity (Wildman–Crippen MR) is 74.0 cm³/mol. The number of halogens is 1. The number of hydrogen-bond acceptors (Lipinski definition) is 4. The van der Waals surface area contributed by atoms with Gasteiger partial charge in [-0.2, -0.15) is 0 Å². The molecule has 1 saturated carbocycles. The van der Waals surface area contributed by atoms with Crippen LogP contribution in [0.15, 0.2) is 12.3 Å². The molecule has 1 heterocycles. The Morgan fingerprint density at radius 1 is 1.47 bits per heavy atom. The van der Waals surface area contributed by atoms with E-state index in [1.807, 2.05) is 0 Å². The van der Waals surface area contributed by atoms with Crippen LogP contribution in [0.4, 0.5) is 5.69 Å². The van der Waals surface area contributed by atoms with Crippen molar-refractivity contribution < 1.29 is 9.90 Å². The quantitative estimate of drug-likeness (QED) is 0.737. The molecule has 0 saturated heterocycles. The Kier molecular flexibility index (Phi) is 4.27. The molecule has 5 nitrogen and oxygen atoms in total. The summed E-state index contributed by atoms with van der Waals surface area (Å²) in [6.07, 6.45) is 6.09. The predicted octanol–water partition coefficient (Wildman–Crippen LogP) is 1.74. The van der Waals surface area contributed by atoms with E-state index in [2.05, 4.69) is 10.3 Å². The molecule has 2 rings (SSSR count). The molecule has 19 heavy (non-hydrogen) atoms. The highest BCUT2D eigenvalue weighted by Crippen LogP contribution is 2.28. The minimum absolute atomic E-state index is 0.0581. The fourth-order valence-electron chi connectivity index (χ4n) is 2.50. The number of nitrogens with one attached hydrogen (secondary N) is 1. The van der Waals surface area contributed by atoms with Crippen molar-refractivity contribution in [3.8, 4) is 0 Å². The largest absolute Gasteiger partial charge is 0.397 e. The normalized spacial score (nSPS) is 18.0. The molecular formula is C13H18ClN3O2. The van der Waals surface area contributed by atoms with Crippen LogP contribution in [0.5, 0.6) is 0 Å². The van der Waals surface area contributed by atoms with Crippen LogP contribution < -0.4 is 11.1 Å². The molecule has 4 N–H and O–H groups in total. The van der Waals surface area contributed by atoms with Crippen LogP contribution in [-0.4, -0.2) is 28.1 Å². The van der Waals surface area contributed by atoms with E-state index < -0.39 is 5.54 Å². The number of amides is 1. The van der Waals surface area contributed by atoms with Gasteiger partial charge in [0.15, 0.2) is 0 Å². The van der Waals surface area contributed by atoms with Crippen LogP contribution in [0.1, 0.15) is 42.5 Å². The lowest BCUT2D eigenvalue weighted by molar-refractivity contribution is 0.0759. The number of aliphatic hydroxyl groups excluding tert-OH is 1. The van der Waals surface area contributed by atoms with E-state index in [0.717, 1.165) is 32.1 Å². The Bertz CT molecular complexity index is 473. The SMILES string of the molecule is Nc1cnc(Cl)cc1C(=O)NC1(CO)CCCCC1. The minimum atomic E-state index is -0.530. The molecule has 104 valence electrons. The molecule has 0 spiro atoms. The Morgan fingerprint density at radius 2 is 2.16 bits per heavy atom. The highest BCUT2D eigenvalue weighted by Gasteiger charge is 2.33. The van der Waals surface area contributed by atoms with Crippen LogP contribution in [0.3, 0.4) is 0 Å². The van der Waals surface area contributed by atoms with Gasteiger partial charge in [-0.1, -0.05) is 30.9 Å². The zero-order valence-electron chi connectivity index (χ0n) is 10.7. The average molecular weight is 284 g/mol. The number of nitrogens with zero attached hydrogens (tertiary/aromatic N) is 1. The van der Waals surface area contributed by atoms with Gasteiger partial charge in [-0.3, -0.25) is 4.79 Å². The van der Waals surface area contributed by atoms with Gasteiger partial charge >= 0.3 is 0 Å². The fraction of sp³-hybridized carbons (Fsp3) is 0.538. The Balaban J connectivity index is 2.17. The summed E-state index contributed by atoms with van der Waals surface area (Å²) in [7, 11) is 0. The number of hydrogen-bond donors (Lipinski definition) is 3. The van der Waals surface area contributed by atoms with Crippen molar-refractivity contribution in [3.63, 3.8) is 0 Å². The highest BCUT2D eigenvalue weighted by atomic mass is 35.5. The summed E-state index contributed by atoms with van der Waals surface area (Å²) in [5.41, 5.74) is 5.79. The van der Waals surface area contributed by atoms with Gasteiger partial charge in [0.05, 0.1) is 29.6 Å². The van der Waals surface area contributed by atoms with E-state index in [0.29, 0.717) is 5.56 Å². The Labute approximate surface area is 117 Å². The monoisotopic (exact) mass is 283 g/mol. The number of carbonyl (C=O) groups excluding carboxylic acids is 1. The second-order valence-corrected chi connectivity index (χ2v) is 5.43. The third kappa shape index (κ3) is 3.16. The lowest BCUT2D eigenvalue weighted by atomic mass is 9.82. The summed E-state index contributed by atoms with van der Waals surface area (Å²) in [5, 5.41) is 12.7. The number of aliphatic hydroxyl groups is 1. The van der Waals surface area contributed by atoms with E-state index >= 15 is 0 Å². The number of carbonyl (C=O) groups is 1. The molecule has 0 radical (unpaired) electrons. The average Bonchev–Trinajstić information content (AvgIpc) is 2.42. The van der Waals surface area contributed by atoms with Gasteiger partial charge in [0.25, 0.3) is 5.91 Å². The molecule has 0 aliphatic heterocycles. The Morgan fingerprint density at radius 3 is 2.79 bits per heavy atom. The zero-order chi connectivity index (χ0) is 13.9. The summed E-state index contributed by atoms with van der Waals surface area (Å²) in [4.78, 5) is 16.1. The molecule has 1 aromatic rings. The van der Waals surface area contributed by atoms with Gasteiger partial charge in [-0.25, -0.2) is 4.98 Å². The summed E-state index contributed by atoms with van der Waals surface area (Å²) in [6.45, 7) is -0.0581. The van der Waals surface area contributed by atoms with Crippen LogP contribution in [-0.2, 0) is 0 Å². The molecule has 1 amide bonds.